The molecular weight excluding hydrogens is 421 g/mol. The van der Waals surface area contributed by atoms with Crippen molar-refractivity contribution < 1.29 is 9.53 Å². The van der Waals surface area contributed by atoms with E-state index in [2.05, 4.69) is 22.0 Å². The molecule has 1 fully saturated rings. The Morgan fingerprint density at radius 1 is 1.13 bits per heavy atom. The van der Waals surface area contributed by atoms with Gasteiger partial charge in [-0.25, -0.2) is 0 Å². The van der Waals surface area contributed by atoms with Crippen molar-refractivity contribution in [2.75, 3.05) is 26.2 Å². The fraction of sp³-hybridized carbons (Fsp3) is 0.391. The Morgan fingerprint density at radius 3 is 2.83 bits per heavy atom. The van der Waals surface area contributed by atoms with Gasteiger partial charge in [-0.05, 0) is 63.0 Å². The molecule has 30 heavy (non-hydrogen) atoms. The number of ether oxygens (including phenoxy) is 1. The predicted octanol–water partition coefficient (Wildman–Crippen LogP) is 5.27. The molecule has 3 heterocycles. The van der Waals surface area contributed by atoms with Gasteiger partial charge in [-0.2, -0.15) is 0 Å². The second-order valence-corrected chi connectivity index (χ2v) is 8.58. The number of hydrogen-bond acceptors (Lipinski definition) is 4. The molecule has 0 N–H and O–H groups in total. The highest BCUT2D eigenvalue weighted by atomic mass is 35.5. The van der Waals surface area contributed by atoms with E-state index < -0.39 is 0 Å². The molecule has 5 nitrogen and oxygen atoms in total. The third kappa shape index (κ3) is 4.97. The number of unbranched alkanes of at least 4 members (excludes halogenated alkanes) is 1. The molecule has 0 radical (unpaired) electrons. The zero-order valence-electron chi connectivity index (χ0n) is 16.8. The summed E-state index contributed by atoms with van der Waals surface area (Å²) in [5, 5.41) is 0.811. The zero-order chi connectivity index (χ0) is 20.9. The molecule has 1 saturated heterocycles. The summed E-state index contributed by atoms with van der Waals surface area (Å²) in [6, 6.07) is 11.2. The fourth-order valence-corrected chi connectivity index (χ4v) is 4.49. The minimum absolute atomic E-state index is 0.159. The van der Waals surface area contributed by atoms with E-state index in [0.717, 1.165) is 32.5 Å². The van der Waals surface area contributed by atoms with Crippen LogP contribution in [0.15, 0.2) is 54.0 Å². The first-order valence-electron chi connectivity index (χ1n) is 10.4. The molecule has 2 aliphatic rings. The van der Waals surface area contributed by atoms with Crippen LogP contribution in [0.1, 0.15) is 47.7 Å². The second kappa shape index (κ2) is 9.82. The molecule has 1 unspecified atom stereocenters. The van der Waals surface area contributed by atoms with Crippen molar-refractivity contribution in [2.24, 2.45) is 0 Å². The summed E-state index contributed by atoms with van der Waals surface area (Å²) in [7, 11) is 0. The van der Waals surface area contributed by atoms with Crippen LogP contribution in [0.25, 0.3) is 0 Å². The summed E-state index contributed by atoms with van der Waals surface area (Å²) in [6.07, 6.45) is 7.53. The maximum Gasteiger partial charge on any atom is 0.262 e. The van der Waals surface area contributed by atoms with Crippen molar-refractivity contribution in [3.05, 3.63) is 70.3 Å². The number of amides is 1. The Bertz CT molecular complexity index is 920. The average Bonchev–Trinajstić information content (AvgIpc) is 2.88. The summed E-state index contributed by atoms with van der Waals surface area (Å²) in [4.78, 5) is 21.5. The SMILES string of the molecule is O=C1c2ccc(Cl)cc2OC=C(Cl)N1CCCCN1CCCC(c2ccccn2)C1. The molecule has 0 saturated carbocycles. The van der Waals surface area contributed by atoms with Crippen molar-refractivity contribution in [3.63, 3.8) is 0 Å². The van der Waals surface area contributed by atoms with Crippen LogP contribution < -0.4 is 4.74 Å². The lowest BCUT2D eigenvalue weighted by atomic mass is 9.94. The Kier molecular flexibility index (Phi) is 6.93. The highest BCUT2D eigenvalue weighted by Gasteiger charge is 2.26. The van der Waals surface area contributed by atoms with Gasteiger partial charge in [-0.1, -0.05) is 29.3 Å². The van der Waals surface area contributed by atoms with Gasteiger partial charge in [0.15, 0.2) is 0 Å². The summed E-state index contributed by atoms with van der Waals surface area (Å²) in [5.74, 6) is 0.778. The molecule has 158 valence electrons. The number of rotatable bonds is 6. The molecule has 0 bridgehead atoms. The van der Waals surface area contributed by atoms with E-state index in [9.17, 15) is 4.79 Å². The van der Waals surface area contributed by atoms with Gasteiger partial charge in [0.1, 0.15) is 17.2 Å². The maximum atomic E-state index is 12.9. The van der Waals surface area contributed by atoms with Crippen LogP contribution >= 0.6 is 23.2 Å². The number of fused-ring (bicyclic) bond motifs is 1. The number of carbonyl (C=O) groups is 1. The predicted molar refractivity (Wildman–Crippen MR) is 119 cm³/mol. The van der Waals surface area contributed by atoms with E-state index in [1.807, 2.05) is 12.3 Å². The highest BCUT2D eigenvalue weighted by Crippen LogP contribution is 2.30. The summed E-state index contributed by atoms with van der Waals surface area (Å²) in [5.41, 5.74) is 1.66. The number of benzene rings is 1. The van der Waals surface area contributed by atoms with Crippen molar-refractivity contribution >= 4 is 29.1 Å². The highest BCUT2D eigenvalue weighted by molar-refractivity contribution is 6.31. The van der Waals surface area contributed by atoms with E-state index >= 15 is 0 Å². The van der Waals surface area contributed by atoms with E-state index in [0.29, 0.717) is 34.0 Å². The zero-order valence-corrected chi connectivity index (χ0v) is 18.3. The van der Waals surface area contributed by atoms with Gasteiger partial charge < -0.3 is 9.64 Å². The molecule has 2 aliphatic heterocycles. The summed E-state index contributed by atoms with van der Waals surface area (Å²) in [6.45, 7) is 3.73. The van der Waals surface area contributed by atoms with Crippen molar-refractivity contribution in [2.45, 2.75) is 31.6 Å². The van der Waals surface area contributed by atoms with E-state index in [1.165, 1.54) is 24.8 Å². The van der Waals surface area contributed by atoms with Gasteiger partial charge in [0.25, 0.3) is 5.91 Å². The average molecular weight is 446 g/mol. The minimum Gasteiger partial charge on any atom is -0.461 e. The number of piperidine rings is 1. The van der Waals surface area contributed by atoms with Crippen LogP contribution in [-0.4, -0.2) is 46.9 Å². The standard InChI is InChI=1S/C23H25Cl2N3O2/c24-18-8-9-19-21(14-18)30-16-22(25)28(23(19)29)13-4-3-11-27-12-5-6-17(15-27)20-7-1-2-10-26-20/h1-2,7-10,14,16-17H,3-6,11-13,15H2. The van der Waals surface area contributed by atoms with Gasteiger partial charge in [0.2, 0.25) is 0 Å². The van der Waals surface area contributed by atoms with Gasteiger partial charge in [-0.15, -0.1) is 0 Å². The number of aromatic nitrogens is 1. The Morgan fingerprint density at radius 2 is 2.00 bits per heavy atom. The topological polar surface area (TPSA) is 45.7 Å². The van der Waals surface area contributed by atoms with Crippen LogP contribution in [0.5, 0.6) is 5.75 Å². The first kappa shape index (κ1) is 21.2. The molecule has 0 aliphatic carbocycles. The van der Waals surface area contributed by atoms with Crippen molar-refractivity contribution in [3.8, 4) is 5.75 Å². The molecule has 4 rings (SSSR count). The fourth-order valence-electron chi connectivity index (χ4n) is 4.12. The number of nitrogens with zero attached hydrogens (tertiary/aromatic N) is 3. The number of hydrogen-bond donors (Lipinski definition) is 0. The van der Waals surface area contributed by atoms with Crippen LogP contribution in [0.2, 0.25) is 5.02 Å². The maximum absolute atomic E-state index is 12.9. The molecular formula is C23H25Cl2N3O2. The first-order valence-corrected chi connectivity index (χ1v) is 11.1. The number of carbonyl (C=O) groups excluding carboxylic acids is 1. The van der Waals surface area contributed by atoms with Gasteiger partial charge in [0, 0.05) is 42.0 Å². The smallest absolute Gasteiger partial charge is 0.262 e. The van der Waals surface area contributed by atoms with Crippen LogP contribution in [0.3, 0.4) is 0 Å². The summed E-state index contributed by atoms with van der Waals surface area (Å²) < 4.78 is 5.54. The van der Waals surface area contributed by atoms with Crippen LogP contribution in [-0.2, 0) is 0 Å². The Balaban J connectivity index is 1.29. The molecule has 1 aromatic carbocycles. The molecule has 1 atom stereocenters. The second-order valence-electron chi connectivity index (χ2n) is 7.76. The van der Waals surface area contributed by atoms with E-state index in [4.69, 9.17) is 27.9 Å². The lowest BCUT2D eigenvalue weighted by molar-refractivity contribution is 0.0814. The number of likely N-dealkylation sites (tertiary alicyclic amines) is 1. The van der Waals surface area contributed by atoms with E-state index in [1.54, 1.807) is 23.1 Å². The number of pyridine rings is 1. The van der Waals surface area contributed by atoms with Crippen LogP contribution in [0.4, 0.5) is 0 Å². The van der Waals surface area contributed by atoms with Gasteiger partial charge in [0.05, 0.1) is 5.56 Å². The normalized spacial score (nSPS) is 19.7. The van der Waals surface area contributed by atoms with Crippen molar-refractivity contribution in [1.82, 2.24) is 14.8 Å². The van der Waals surface area contributed by atoms with Crippen molar-refractivity contribution in [1.29, 1.82) is 0 Å². The summed E-state index contributed by atoms with van der Waals surface area (Å²) >= 11 is 12.3. The largest absolute Gasteiger partial charge is 0.461 e. The first-order chi connectivity index (χ1) is 14.6. The van der Waals surface area contributed by atoms with Gasteiger partial charge >= 0.3 is 0 Å². The number of halogens is 2. The molecule has 2 aromatic rings. The molecule has 7 heteroatoms. The Hall–Kier alpha value is -2.08. The monoisotopic (exact) mass is 445 g/mol. The third-order valence-electron chi connectivity index (χ3n) is 5.68. The van der Waals surface area contributed by atoms with Gasteiger partial charge in [-0.3, -0.25) is 14.7 Å². The minimum atomic E-state index is -0.159. The lowest BCUT2D eigenvalue weighted by Gasteiger charge is -2.32. The quantitative estimate of drug-likeness (QED) is 0.448. The molecule has 1 aromatic heterocycles. The third-order valence-corrected chi connectivity index (χ3v) is 6.21. The van der Waals surface area contributed by atoms with E-state index in [-0.39, 0.29) is 5.91 Å². The molecule has 1 amide bonds. The molecule has 0 spiro atoms. The Labute approximate surface area is 187 Å². The van der Waals surface area contributed by atoms with Crippen LogP contribution in [0, 0.1) is 0 Å². The lowest BCUT2D eigenvalue weighted by Crippen LogP contribution is -2.36.